The number of anilines is 2. The third-order valence-electron chi connectivity index (χ3n) is 5.71. The van der Waals surface area contributed by atoms with Crippen LogP contribution in [0.3, 0.4) is 0 Å². The van der Waals surface area contributed by atoms with Crippen LogP contribution in [0.15, 0.2) is 24.3 Å². The Bertz CT molecular complexity index is 830. The molecule has 2 saturated heterocycles. The third-order valence-corrected chi connectivity index (χ3v) is 5.71. The molecule has 3 amide bonds. The number of morpholine rings is 1. The summed E-state index contributed by atoms with van der Waals surface area (Å²) in [5.41, 5.74) is 1.20. The molecule has 1 N–H and O–H groups in total. The van der Waals surface area contributed by atoms with E-state index in [0.717, 1.165) is 38.4 Å². The lowest BCUT2D eigenvalue weighted by Crippen LogP contribution is -2.48. The van der Waals surface area contributed by atoms with Crippen LogP contribution in [-0.2, 0) is 19.1 Å². The molecule has 33 heavy (non-hydrogen) atoms. The Morgan fingerprint density at radius 2 is 1.79 bits per heavy atom. The molecule has 0 saturated carbocycles. The number of benzene rings is 1. The van der Waals surface area contributed by atoms with Gasteiger partial charge in [0.05, 0.1) is 25.7 Å². The normalized spacial score (nSPS) is 19.1. The zero-order valence-electron chi connectivity index (χ0n) is 20.1. The molecule has 1 unspecified atom stereocenters. The van der Waals surface area contributed by atoms with Gasteiger partial charge in [0.25, 0.3) is 0 Å². The van der Waals surface area contributed by atoms with Gasteiger partial charge in [-0.3, -0.25) is 9.59 Å². The molecule has 2 fully saturated rings. The Balaban J connectivity index is 1.48. The molecule has 0 aliphatic carbocycles. The number of rotatable bonds is 5. The van der Waals surface area contributed by atoms with Crippen molar-refractivity contribution in [1.29, 1.82) is 0 Å². The molecule has 1 atom stereocenters. The van der Waals surface area contributed by atoms with Crippen molar-refractivity contribution >= 4 is 29.3 Å². The van der Waals surface area contributed by atoms with Gasteiger partial charge in [-0.15, -0.1) is 0 Å². The van der Waals surface area contributed by atoms with Gasteiger partial charge in [-0.1, -0.05) is 0 Å². The first-order chi connectivity index (χ1) is 15.6. The second-order valence-corrected chi connectivity index (χ2v) is 9.65. The molecule has 9 heteroatoms. The summed E-state index contributed by atoms with van der Waals surface area (Å²) in [6.45, 7) is 9.43. The number of ether oxygens (including phenoxy) is 2. The van der Waals surface area contributed by atoms with Crippen LogP contribution < -0.4 is 10.2 Å². The fourth-order valence-corrected chi connectivity index (χ4v) is 4.05. The van der Waals surface area contributed by atoms with Gasteiger partial charge in [0.15, 0.2) is 0 Å². The van der Waals surface area contributed by atoms with E-state index >= 15 is 0 Å². The second-order valence-electron chi connectivity index (χ2n) is 9.65. The first kappa shape index (κ1) is 24.8. The molecule has 2 aliphatic rings. The summed E-state index contributed by atoms with van der Waals surface area (Å²) >= 11 is 0. The van der Waals surface area contributed by atoms with Crippen LogP contribution in [0.25, 0.3) is 0 Å². The molecule has 0 bridgehead atoms. The van der Waals surface area contributed by atoms with Crippen molar-refractivity contribution in [3.8, 4) is 0 Å². The maximum atomic E-state index is 12.9. The van der Waals surface area contributed by atoms with E-state index in [4.69, 9.17) is 9.47 Å². The molecule has 9 nitrogen and oxygen atoms in total. The van der Waals surface area contributed by atoms with Crippen LogP contribution in [0.4, 0.5) is 16.2 Å². The summed E-state index contributed by atoms with van der Waals surface area (Å²) in [6.07, 6.45) is 1.01. The van der Waals surface area contributed by atoms with Gasteiger partial charge in [-0.25, -0.2) is 4.79 Å². The molecule has 2 heterocycles. The molecule has 0 aromatic heterocycles. The lowest BCUT2D eigenvalue weighted by Gasteiger charge is -2.34. The van der Waals surface area contributed by atoms with Crippen molar-refractivity contribution in [3.63, 3.8) is 0 Å². The Kier molecular flexibility index (Phi) is 8.18. The first-order valence-corrected chi connectivity index (χ1v) is 11.6. The van der Waals surface area contributed by atoms with Crippen LogP contribution in [-0.4, -0.2) is 86.3 Å². The summed E-state index contributed by atoms with van der Waals surface area (Å²) in [6, 6.07) is 7.68. The molecular formula is C24H36N4O5. The molecule has 0 spiro atoms. The van der Waals surface area contributed by atoms with Crippen molar-refractivity contribution in [2.24, 2.45) is 5.92 Å². The van der Waals surface area contributed by atoms with E-state index in [2.05, 4.69) is 10.2 Å². The number of nitrogens with zero attached hydrogens (tertiary/aromatic N) is 3. The highest BCUT2D eigenvalue weighted by atomic mass is 16.6. The fraction of sp³-hybridized carbons (Fsp3) is 0.625. The third kappa shape index (κ3) is 7.35. The van der Waals surface area contributed by atoms with Crippen molar-refractivity contribution in [3.05, 3.63) is 24.3 Å². The van der Waals surface area contributed by atoms with E-state index in [1.165, 1.54) is 4.90 Å². The van der Waals surface area contributed by atoms with Crippen molar-refractivity contribution in [2.75, 3.05) is 63.2 Å². The smallest absolute Gasteiger partial charge is 0.410 e. The number of hydrogen-bond acceptors (Lipinski definition) is 6. The summed E-state index contributed by atoms with van der Waals surface area (Å²) in [4.78, 5) is 43.0. The Hall–Kier alpha value is -2.81. The van der Waals surface area contributed by atoms with Gasteiger partial charge >= 0.3 is 6.09 Å². The van der Waals surface area contributed by atoms with Crippen molar-refractivity contribution in [1.82, 2.24) is 9.80 Å². The maximum Gasteiger partial charge on any atom is 0.410 e. The lowest BCUT2D eigenvalue weighted by atomic mass is 9.97. The summed E-state index contributed by atoms with van der Waals surface area (Å²) < 4.78 is 10.8. The van der Waals surface area contributed by atoms with Gasteiger partial charge in [-0.05, 0) is 57.9 Å². The van der Waals surface area contributed by atoms with Gasteiger partial charge in [0, 0.05) is 44.6 Å². The minimum absolute atomic E-state index is 0.0486. The largest absolute Gasteiger partial charge is 0.444 e. The molecule has 2 aliphatic heterocycles. The summed E-state index contributed by atoms with van der Waals surface area (Å²) in [5, 5.41) is 2.85. The molecule has 3 rings (SSSR count). The Labute approximate surface area is 196 Å². The molecular weight excluding hydrogens is 424 g/mol. The standard InChI is InChI=1S/C24H36N4O5/c1-24(2,3)33-23(31)28-11-5-6-18(16-28)22(30)26(4)17-21(29)25-19-7-9-20(10-8-19)27-12-14-32-15-13-27/h7-10,18H,5-6,11-17H2,1-4H3,(H,25,29). The van der Waals surface area contributed by atoms with Gasteiger partial charge in [0.2, 0.25) is 11.8 Å². The lowest BCUT2D eigenvalue weighted by molar-refractivity contribution is -0.138. The van der Waals surface area contributed by atoms with Crippen LogP contribution in [0.1, 0.15) is 33.6 Å². The van der Waals surface area contributed by atoms with E-state index in [1.54, 1.807) is 11.9 Å². The molecule has 182 valence electrons. The van der Waals surface area contributed by atoms with E-state index < -0.39 is 11.7 Å². The molecule has 1 aromatic rings. The predicted molar refractivity (Wildman–Crippen MR) is 126 cm³/mol. The zero-order chi connectivity index (χ0) is 24.0. The van der Waals surface area contributed by atoms with Crippen LogP contribution in [0.5, 0.6) is 0 Å². The first-order valence-electron chi connectivity index (χ1n) is 11.6. The van der Waals surface area contributed by atoms with Gasteiger partial charge in [0.1, 0.15) is 5.60 Å². The monoisotopic (exact) mass is 460 g/mol. The zero-order valence-corrected chi connectivity index (χ0v) is 20.1. The van der Waals surface area contributed by atoms with Gasteiger partial charge in [-0.2, -0.15) is 0 Å². The van der Waals surface area contributed by atoms with E-state index in [1.807, 2.05) is 45.0 Å². The topological polar surface area (TPSA) is 91.4 Å². The average molecular weight is 461 g/mol. The number of piperidine rings is 1. The van der Waals surface area contributed by atoms with Crippen molar-refractivity contribution in [2.45, 2.75) is 39.2 Å². The highest BCUT2D eigenvalue weighted by Crippen LogP contribution is 2.22. The van der Waals surface area contributed by atoms with Crippen LogP contribution in [0, 0.1) is 5.92 Å². The minimum Gasteiger partial charge on any atom is -0.444 e. The summed E-state index contributed by atoms with van der Waals surface area (Å²) in [7, 11) is 1.62. The number of carbonyl (C=O) groups excluding carboxylic acids is 3. The van der Waals surface area contributed by atoms with Crippen LogP contribution >= 0.6 is 0 Å². The van der Waals surface area contributed by atoms with Gasteiger partial charge < -0.3 is 29.5 Å². The number of amides is 3. The SMILES string of the molecule is CN(CC(=O)Nc1ccc(N2CCOCC2)cc1)C(=O)C1CCCN(C(=O)OC(C)(C)C)C1. The second kappa shape index (κ2) is 10.9. The number of carbonyl (C=O) groups is 3. The van der Waals surface area contributed by atoms with Crippen LogP contribution in [0.2, 0.25) is 0 Å². The molecule has 0 radical (unpaired) electrons. The minimum atomic E-state index is -0.580. The number of likely N-dealkylation sites (tertiary alicyclic amines) is 1. The quantitative estimate of drug-likeness (QED) is 0.726. The highest BCUT2D eigenvalue weighted by Gasteiger charge is 2.32. The predicted octanol–water partition coefficient (Wildman–Crippen LogP) is 2.57. The maximum absolute atomic E-state index is 12.9. The van der Waals surface area contributed by atoms with E-state index in [-0.39, 0.29) is 24.3 Å². The Morgan fingerprint density at radius 3 is 2.42 bits per heavy atom. The number of likely N-dealkylation sites (N-methyl/N-ethyl adjacent to an activating group) is 1. The number of nitrogens with one attached hydrogen (secondary N) is 1. The van der Waals surface area contributed by atoms with E-state index in [9.17, 15) is 14.4 Å². The highest BCUT2D eigenvalue weighted by molar-refractivity contribution is 5.95. The summed E-state index contributed by atoms with van der Waals surface area (Å²) in [5.74, 6) is -0.734. The number of hydrogen-bond donors (Lipinski definition) is 1. The fourth-order valence-electron chi connectivity index (χ4n) is 4.05. The van der Waals surface area contributed by atoms with Crippen molar-refractivity contribution < 1.29 is 23.9 Å². The van der Waals surface area contributed by atoms with E-state index in [0.29, 0.717) is 25.2 Å². The Morgan fingerprint density at radius 1 is 1.12 bits per heavy atom. The average Bonchev–Trinajstić information content (AvgIpc) is 2.78. The molecule has 1 aromatic carbocycles.